The number of ketones is 1. The number of rotatable bonds is 6. The standard InChI is InChI=1S/C22H25NO2S2/c1-15-7-8-17(13-16(15)2)20(24)9-10-21(25)23-19-6-3-5-18(14-19)22-26-11-4-12-27-22/h3,5-8,13-14,22H,4,9-12H2,1-2H3,(H,23,25). The molecular weight excluding hydrogens is 374 g/mol. The lowest BCUT2D eigenvalue weighted by Crippen LogP contribution is -2.14. The molecule has 0 radical (unpaired) electrons. The molecule has 3 nitrogen and oxygen atoms in total. The molecular formula is C22H25NO2S2. The van der Waals surface area contributed by atoms with Gasteiger partial charge in [0.2, 0.25) is 5.91 Å². The molecule has 1 N–H and O–H groups in total. The first-order chi connectivity index (χ1) is 13.0. The summed E-state index contributed by atoms with van der Waals surface area (Å²) in [6.45, 7) is 4.02. The number of hydrogen-bond donors (Lipinski definition) is 1. The van der Waals surface area contributed by atoms with Crippen molar-refractivity contribution in [2.45, 2.75) is 37.7 Å². The molecule has 2 aromatic carbocycles. The Balaban J connectivity index is 1.54. The molecule has 0 aliphatic carbocycles. The van der Waals surface area contributed by atoms with E-state index in [-0.39, 0.29) is 24.5 Å². The van der Waals surface area contributed by atoms with Gasteiger partial charge in [0.05, 0.1) is 4.58 Å². The van der Waals surface area contributed by atoms with Crippen LogP contribution in [-0.2, 0) is 4.79 Å². The maximum atomic E-state index is 12.3. The van der Waals surface area contributed by atoms with Crippen molar-refractivity contribution in [2.24, 2.45) is 0 Å². The Labute approximate surface area is 169 Å². The highest BCUT2D eigenvalue weighted by atomic mass is 32.2. The molecule has 5 heteroatoms. The topological polar surface area (TPSA) is 46.2 Å². The van der Waals surface area contributed by atoms with Crippen LogP contribution in [-0.4, -0.2) is 23.2 Å². The van der Waals surface area contributed by atoms with Gasteiger partial charge in [-0.2, -0.15) is 0 Å². The third-order valence-electron chi connectivity index (χ3n) is 4.68. The molecule has 0 saturated carbocycles. The van der Waals surface area contributed by atoms with Crippen LogP contribution in [0.15, 0.2) is 42.5 Å². The molecule has 3 rings (SSSR count). The summed E-state index contributed by atoms with van der Waals surface area (Å²) in [6, 6.07) is 13.8. The Bertz CT molecular complexity index is 829. The lowest BCUT2D eigenvalue weighted by atomic mass is 10.0. The van der Waals surface area contributed by atoms with E-state index >= 15 is 0 Å². The van der Waals surface area contributed by atoms with Gasteiger partial charge in [-0.25, -0.2) is 0 Å². The summed E-state index contributed by atoms with van der Waals surface area (Å²) in [5.74, 6) is 2.27. The fourth-order valence-corrected chi connectivity index (χ4v) is 5.83. The Morgan fingerprint density at radius 3 is 2.52 bits per heavy atom. The van der Waals surface area contributed by atoms with Gasteiger partial charge in [-0.05, 0) is 66.7 Å². The fourth-order valence-electron chi connectivity index (χ4n) is 2.95. The second-order valence-corrected chi connectivity index (χ2v) is 9.55. The lowest BCUT2D eigenvalue weighted by molar-refractivity contribution is -0.116. The number of aryl methyl sites for hydroxylation is 2. The van der Waals surface area contributed by atoms with Gasteiger partial charge < -0.3 is 5.32 Å². The number of carbonyl (C=O) groups excluding carboxylic acids is 2. The summed E-state index contributed by atoms with van der Waals surface area (Å²) in [7, 11) is 0. The van der Waals surface area contributed by atoms with E-state index in [1.54, 1.807) is 0 Å². The number of amides is 1. The van der Waals surface area contributed by atoms with Crippen molar-refractivity contribution in [3.05, 3.63) is 64.7 Å². The van der Waals surface area contributed by atoms with Gasteiger partial charge in [0.1, 0.15) is 0 Å². The summed E-state index contributed by atoms with van der Waals surface area (Å²) in [6.07, 6.45) is 1.68. The monoisotopic (exact) mass is 399 g/mol. The largest absolute Gasteiger partial charge is 0.326 e. The van der Waals surface area contributed by atoms with Gasteiger partial charge in [0, 0.05) is 24.1 Å². The Morgan fingerprint density at radius 2 is 1.78 bits per heavy atom. The van der Waals surface area contributed by atoms with Crippen LogP contribution in [0.1, 0.15) is 50.9 Å². The summed E-state index contributed by atoms with van der Waals surface area (Å²) >= 11 is 3.93. The third-order valence-corrected chi connectivity index (χ3v) is 7.69. The quantitative estimate of drug-likeness (QED) is 0.626. The SMILES string of the molecule is Cc1ccc(C(=O)CCC(=O)Nc2cccc(C3SCCCS3)c2)cc1C. The summed E-state index contributed by atoms with van der Waals surface area (Å²) in [5, 5.41) is 2.94. The third kappa shape index (κ3) is 5.63. The average Bonchev–Trinajstić information content (AvgIpc) is 2.69. The molecule has 0 atom stereocenters. The van der Waals surface area contributed by atoms with Crippen molar-refractivity contribution in [3.63, 3.8) is 0 Å². The van der Waals surface area contributed by atoms with Crippen LogP contribution < -0.4 is 5.32 Å². The molecule has 0 bridgehead atoms. The van der Waals surface area contributed by atoms with Crippen LogP contribution in [0.4, 0.5) is 5.69 Å². The van der Waals surface area contributed by atoms with E-state index in [1.807, 2.05) is 67.7 Å². The van der Waals surface area contributed by atoms with E-state index in [1.165, 1.54) is 29.1 Å². The summed E-state index contributed by atoms with van der Waals surface area (Å²) in [4.78, 5) is 24.6. The highest BCUT2D eigenvalue weighted by molar-refractivity contribution is 8.16. The van der Waals surface area contributed by atoms with E-state index in [2.05, 4.69) is 17.4 Å². The zero-order chi connectivity index (χ0) is 19.2. The molecule has 1 amide bonds. The lowest BCUT2D eigenvalue weighted by Gasteiger charge is -2.21. The Hall–Kier alpha value is -1.72. The molecule has 1 aliphatic rings. The predicted octanol–water partition coefficient (Wildman–Crippen LogP) is 5.77. The van der Waals surface area contributed by atoms with Gasteiger partial charge >= 0.3 is 0 Å². The molecule has 1 aliphatic heterocycles. The number of hydrogen-bond acceptors (Lipinski definition) is 4. The van der Waals surface area contributed by atoms with E-state index < -0.39 is 0 Å². The average molecular weight is 400 g/mol. The first kappa shape index (κ1) is 20.0. The van der Waals surface area contributed by atoms with Gasteiger partial charge in [-0.15, -0.1) is 23.5 Å². The molecule has 1 heterocycles. The number of thioether (sulfide) groups is 2. The predicted molar refractivity (Wildman–Crippen MR) is 117 cm³/mol. The molecule has 0 aromatic heterocycles. The van der Waals surface area contributed by atoms with Gasteiger partial charge in [0.25, 0.3) is 0 Å². The second-order valence-electron chi connectivity index (χ2n) is 6.82. The maximum absolute atomic E-state index is 12.3. The van der Waals surface area contributed by atoms with Crippen LogP contribution >= 0.6 is 23.5 Å². The number of nitrogens with one attached hydrogen (secondary N) is 1. The smallest absolute Gasteiger partial charge is 0.224 e. The molecule has 0 spiro atoms. The minimum Gasteiger partial charge on any atom is -0.326 e. The Morgan fingerprint density at radius 1 is 1.00 bits per heavy atom. The number of carbonyl (C=O) groups is 2. The number of Topliss-reactive ketones (excluding diaryl/α,β-unsaturated/α-hetero) is 1. The molecule has 27 heavy (non-hydrogen) atoms. The zero-order valence-corrected chi connectivity index (χ0v) is 17.4. The van der Waals surface area contributed by atoms with Crippen LogP contribution in [0.25, 0.3) is 0 Å². The highest BCUT2D eigenvalue weighted by Gasteiger charge is 2.17. The van der Waals surface area contributed by atoms with Crippen molar-refractivity contribution in [2.75, 3.05) is 16.8 Å². The van der Waals surface area contributed by atoms with E-state index in [9.17, 15) is 9.59 Å². The van der Waals surface area contributed by atoms with Crippen LogP contribution in [0, 0.1) is 13.8 Å². The van der Waals surface area contributed by atoms with E-state index in [0.29, 0.717) is 10.1 Å². The van der Waals surface area contributed by atoms with Crippen molar-refractivity contribution >= 4 is 40.9 Å². The molecule has 0 unspecified atom stereocenters. The van der Waals surface area contributed by atoms with Crippen molar-refractivity contribution in [3.8, 4) is 0 Å². The van der Waals surface area contributed by atoms with Gasteiger partial charge in [-0.3, -0.25) is 9.59 Å². The molecule has 1 saturated heterocycles. The molecule has 2 aromatic rings. The molecule has 142 valence electrons. The summed E-state index contributed by atoms with van der Waals surface area (Å²) < 4.78 is 0.446. The van der Waals surface area contributed by atoms with Gasteiger partial charge in [-0.1, -0.05) is 24.3 Å². The first-order valence-electron chi connectivity index (χ1n) is 9.26. The van der Waals surface area contributed by atoms with E-state index in [0.717, 1.165) is 11.3 Å². The van der Waals surface area contributed by atoms with Crippen molar-refractivity contribution in [1.29, 1.82) is 0 Å². The van der Waals surface area contributed by atoms with Crippen LogP contribution in [0.5, 0.6) is 0 Å². The fraction of sp³-hybridized carbons (Fsp3) is 0.364. The van der Waals surface area contributed by atoms with Crippen LogP contribution in [0.3, 0.4) is 0 Å². The van der Waals surface area contributed by atoms with Gasteiger partial charge in [0.15, 0.2) is 5.78 Å². The van der Waals surface area contributed by atoms with E-state index in [4.69, 9.17) is 0 Å². The summed E-state index contributed by atoms with van der Waals surface area (Å²) in [5.41, 5.74) is 5.00. The maximum Gasteiger partial charge on any atom is 0.224 e. The minimum atomic E-state index is -0.117. The second kappa shape index (κ2) is 9.47. The number of anilines is 1. The normalized spacial score (nSPS) is 14.7. The van der Waals surface area contributed by atoms with Crippen molar-refractivity contribution in [1.82, 2.24) is 0 Å². The Kier molecular flexibility index (Phi) is 7.02. The van der Waals surface area contributed by atoms with Crippen LogP contribution in [0.2, 0.25) is 0 Å². The molecule has 1 fully saturated rings. The zero-order valence-electron chi connectivity index (χ0n) is 15.8. The van der Waals surface area contributed by atoms with Crippen molar-refractivity contribution < 1.29 is 9.59 Å². The number of benzene rings is 2. The minimum absolute atomic E-state index is 0.0111. The highest BCUT2D eigenvalue weighted by Crippen LogP contribution is 2.44. The first-order valence-corrected chi connectivity index (χ1v) is 11.4.